The van der Waals surface area contributed by atoms with E-state index in [2.05, 4.69) is 5.32 Å². The highest BCUT2D eigenvalue weighted by molar-refractivity contribution is 5.87. The summed E-state index contributed by atoms with van der Waals surface area (Å²) < 4.78 is 10.9. The van der Waals surface area contributed by atoms with E-state index >= 15 is 0 Å². The summed E-state index contributed by atoms with van der Waals surface area (Å²) in [4.78, 5) is 27.2. The topological polar surface area (TPSA) is 67.9 Å². The number of methoxy groups -OCH3 is 1. The molecule has 0 heterocycles. The summed E-state index contributed by atoms with van der Waals surface area (Å²) >= 11 is 0. The number of hydrogen-bond acceptors (Lipinski definition) is 4. The second-order valence-corrected chi connectivity index (χ2v) is 7.79. The van der Waals surface area contributed by atoms with Gasteiger partial charge in [0.25, 0.3) is 0 Å². The lowest BCUT2D eigenvalue weighted by Crippen LogP contribution is -2.50. The zero-order valence-electron chi connectivity index (χ0n) is 19.0. The van der Waals surface area contributed by atoms with Gasteiger partial charge in [0.15, 0.2) is 0 Å². The average Bonchev–Trinajstić information content (AvgIpc) is 2.77. The van der Waals surface area contributed by atoms with Crippen LogP contribution in [0.2, 0.25) is 0 Å². The minimum atomic E-state index is -0.527. The number of carbonyl (C=O) groups excluding carboxylic acids is 2. The number of carbonyl (C=O) groups is 2. The van der Waals surface area contributed by atoms with Gasteiger partial charge in [-0.2, -0.15) is 0 Å². The van der Waals surface area contributed by atoms with E-state index in [9.17, 15) is 9.59 Å². The Kier molecular flexibility index (Phi) is 9.88. The Bertz CT molecular complexity index is 806. The third-order valence-electron chi connectivity index (χ3n) is 4.95. The van der Waals surface area contributed by atoms with Gasteiger partial charge in [-0.25, -0.2) is 0 Å². The third kappa shape index (κ3) is 8.32. The van der Waals surface area contributed by atoms with E-state index in [1.807, 2.05) is 68.4 Å². The van der Waals surface area contributed by atoms with E-state index in [1.165, 1.54) is 0 Å². The maximum absolute atomic E-state index is 13.0. The molecule has 0 fully saturated rings. The normalized spacial score (nSPS) is 11.6. The Morgan fingerprint density at radius 1 is 0.968 bits per heavy atom. The Morgan fingerprint density at radius 3 is 2.23 bits per heavy atom. The van der Waals surface area contributed by atoms with Crippen LogP contribution >= 0.6 is 0 Å². The molecule has 6 heteroatoms. The van der Waals surface area contributed by atoms with Gasteiger partial charge in [0.2, 0.25) is 11.8 Å². The summed E-state index contributed by atoms with van der Waals surface area (Å²) in [5.74, 6) is 1.33. The molecule has 0 aliphatic rings. The van der Waals surface area contributed by atoms with Gasteiger partial charge in [-0.15, -0.1) is 0 Å². The molecule has 0 aliphatic carbocycles. The molecule has 168 valence electrons. The molecule has 0 saturated heterocycles. The van der Waals surface area contributed by atoms with Gasteiger partial charge < -0.3 is 19.7 Å². The molecule has 0 saturated carbocycles. The molecule has 0 aliphatic heterocycles. The number of nitrogens with zero attached hydrogens (tertiary/aromatic N) is 1. The lowest BCUT2D eigenvalue weighted by molar-refractivity contribution is -0.140. The van der Waals surface area contributed by atoms with Crippen LogP contribution in [0, 0.1) is 0 Å². The van der Waals surface area contributed by atoms with Crippen LogP contribution in [0.1, 0.15) is 39.2 Å². The number of hydrogen-bond donors (Lipinski definition) is 1. The van der Waals surface area contributed by atoms with Gasteiger partial charge in [0.05, 0.1) is 13.7 Å². The van der Waals surface area contributed by atoms with Crippen LogP contribution in [-0.4, -0.2) is 49.1 Å². The van der Waals surface area contributed by atoms with Crippen molar-refractivity contribution in [1.29, 1.82) is 0 Å². The number of ether oxygens (including phenoxy) is 2. The first-order valence-corrected chi connectivity index (χ1v) is 10.8. The molecule has 2 rings (SSSR count). The standard InChI is InChI=1S/C25H34N2O4/c1-19(2)26-25(29)20(3)27(17-16-21-9-6-5-7-10-21)24(28)11-8-18-31-23-14-12-22(30-4)13-15-23/h5-7,9-10,12-15,19-20H,8,11,16-18H2,1-4H3,(H,26,29)/t20-/m1/s1. The number of benzene rings is 2. The van der Waals surface area contributed by atoms with Gasteiger partial charge in [-0.05, 0) is 63.4 Å². The fourth-order valence-electron chi connectivity index (χ4n) is 3.20. The van der Waals surface area contributed by atoms with Crippen LogP contribution in [-0.2, 0) is 16.0 Å². The Balaban J connectivity index is 1.91. The third-order valence-corrected chi connectivity index (χ3v) is 4.95. The van der Waals surface area contributed by atoms with E-state index in [0.717, 1.165) is 17.1 Å². The largest absolute Gasteiger partial charge is 0.497 e. The fourth-order valence-corrected chi connectivity index (χ4v) is 3.20. The Labute approximate surface area is 185 Å². The van der Waals surface area contributed by atoms with Crippen molar-refractivity contribution in [3.8, 4) is 11.5 Å². The van der Waals surface area contributed by atoms with E-state index in [0.29, 0.717) is 32.4 Å². The first-order valence-electron chi connectivity index (χ1n) is 10.8. The van der Waals surface area contributed by atoms with Crippen molar-refractivity contribution >= 4 is 11.8 Å². The summed E-state index contributed by atoms with van der Waals surface area (Å²) in [5.41, 5.74) is 1.14. The highest BCUT2D eigenvalue weighted by Crippen LogP contribution is 2.17. The molecule has 6 nitrogen and oxygen atoms in total. The maximum atomic E-state index is 13.0. The summed E-state index contributed by atoms with van der Waals surface area (Å²) in [7, 11) is 1.62. The molecule has 0 bridgehead atoms. The maximum Gasteiger partial charge on any atom is 0.242 e. The molecule has 0 unspecified atom stereocenters. The van der Waals surface area contributed by atoms with Crippen molar-refractivity contribution < 1.29 is 19.1 Å². The monoisotopic (exact) mass is 426 g/mol. The molecular weight excluding hydrogens is 392 g/mol. The van der Waals surface area contributed by atoms with Crippen LogP contribution in [0.5, 0.6) is 11.5 Å². The lowest BCUT2D eigenvalue weighted by Gasteiger charge is -2.29. The van der Waals surface area contributed by atoms with Crippen LogP contribution in [0.15, 0.2) is 54.6 Å². The van der Waals surface area contributed by atoms with Gasteiger partial charge in [0, 0.05) is 19.0 Å². The number of rotatable bonds is 12. The number of nitrogens with one attached hydrogen (secondary N) is 1. The smallest absolute Gasteiger partial charge is 0.242 e. The highest BCUT2D eigenvalue weighted by atomic mass is 16.5. The summed E-state index contributed by atoms with van der Waals surface area (Å²) in [6, 6.07) is 16.8. The molecule has 31 heavy (non-hydrogen) atoms. The Hall–Kier alpha value is -3.02. The van der Waals surface area contributed by atoms with Crippen molar-refractivity contribution in [2.75, 3.05) is 20.3 Å². The molecule has 2 amide bonds. The van der Waals surface area contributed by atoms with Gasteiger partial charge in [-0.3, -0.25) is 9.59 Å². The quantitative estimate of drug-likeness (QED) is 0.524. The molecule has 1 N–H and O–H groups in total. The fraction of sp³-hybridized carbons (Fsp3) is 0.440. The van der Waals surface area contributed by atoms with Gasteiger partial charge in [-0.1, -0.05) is 30.3 Å². The molecule has 2 aromatic carbocycles. The average molecular weight is 427 g/mol. The van der Waals surface area contributed by atoms with Crippen LogP contribution in [0.3, 0.4) is 0 Å². The second kappa shape index (κ2) is 12.6. The van der Waals surface area contributed by atoms with Crippen molar-refractivity contribution in [2.45, 2.75) is 52.1 Å². The first kappa shape index (κ1) is 24.3. The lowest BCUT2D eigenvalue weighted by atomic mass is 10.1. The van der Waals surface area contributed by atoms with E-state index < -0.39 is 6.04 Å². The SMILES string of the molecule is COc1ccc(OCCCC(=O)N(CCc2ccccc2)[C@H](C)C(=O)NC(C)C)cc1. The zero-order chi connectivity index (χ0) is 22.6. The van der Waals surface area contributed by atoms with E-state index in [4.69, 9.17) is 9.47 Å². The van der Waals surface area contributed by atoms with E-state index in [-0.39, 0.29) is 17.9 Å². The highest BCUT2D eigenvalue weighted by Gasteiger charge is 2.25. The minimum absolute atomic E-state index is 0.0268. The van der Waals surface area contributed by atoms with Gasteiger partial charge in [0.1, 0.15) is 17.5 Å². The molecule has 0 radical (unpaired) electrons. The predicted molar refractivity (Wildman–Crippen MR) is 122 cm³/mol. The Morgan fingerprint density at radius 2 is 1.61 bits per heavy atom. The van der Waals surface area contributed by atoms with Crippen LogP contribution in [0.4, 0.5) is 0 Å². The minimum Gasteiger partial charge on any atom is -0.497 e. The van der Waals surface area contributed by atoms with Gasteiger partial charge >= 0.3 is 0 Å². The number of amides is 2. The molecule has 2 aromatic rings. The predicted octanol–water partition coefficient (Wildman–Crippen LogP) is 3.84. The second-order valence-electron chi connectivity index (χ2n) is 7.79. The molecule has 1 atom stereocenters. The van der Waals surface area contributed by atoms with Crippen LogP contribution in [0.25, 0.3) is 0 Å². The summed E-state index contributed by atoms with van der Waals surface area (Å²) in [6.45, 7) is 6.54. The van der Waals surface area contributed by atoms with Crippen molar-refractivity contribution in [3.05, 3.63) is 60.2 Å². The van der Waals surface area contributed by atoms with Crippen molar-refractivity contribution in [2.24, 2.45) is 0 Å². The molecular formula is C25H34N2O4. The first-order chi connectivity index (χ1) is 14.9. The summed E-state index contributed by atoms with van der Waals surface area (Å²) in [5, 5.41) is 2.91. The van der Waals surface area contributed by atoms with E-state index in [1.54, 1.807) is 18.9 Å². The van der Waals surface area contributed by atoms with Crippen molar-refractivity contribution in [1.82, 2.24) is 10.2 Å². The summed E-state index contributed by atoms with van der Waals surface area (Å²) in [6.07, 6.45) is 1.60. The molecule has 0 aromatic heterocycles. The van der Waals surface area contributed by atoms with Crippen LogP contribution < -0.4 is 14.8 Å². The van der Waals surface area contributed by atoms with Crippen molar-refractivity contribution in [3.63, 3.8) is 0 Å². The zero-order valence-corrected chi connectivity index (χ0v) is 19.0. The molecule has 0 spiro atoms.